The number of aromatic amines is 1. The summed E-state index contributed by atoms with van der Waals surface area (Å²) >= 11 is 0. The van der Waals surface area contributed by atoms with Crippen molar-refractivity contribution < 1.29 is 17.9 Å². The van der Waals surface area contributed by atoms with Crippen molar-refractivity contribution in [3.8, 4) is 5.88 Å². The van der Waals surface area contributed by atoms with Gasteiger partial charge in [0.05, 0.1) is 12.7 Å². The Morgan fingerprint density at radius 2 is 1.75 bits per heavy atom. The summed E-state index contributed by atoms with van der Waals surface area (Å²) in [5.74, 6) is 1.07. The molecule has 0 aliphatic heterocycles. The molecule has 8 heteroatoms. The van der Waals surface area contributed by atoms with Gasteiger partial charge in [-0.25, -0.2) is 4.98 Å². The molecule has 4 rings (SSSR count). The summed E-state index contributed by atoms with van der Waals surface area (Å²) in [7, 11) is 1.56. The lowest BCUT2D eigenvalue weighted by atomic mass is 10.1. The number of fused-ring (bicyclic) bond motifs is 1. The highest BCUT2D eigenvalue weighted by Gasteiger charge is 2.29. The molecule has 0 aliphatic carbocycles. The number of halogens is 3. The highest BCUT2D eigenvalue weighted by Crippen LogP contribution is 2.29. The van der Waals surface area contributed by atoms with E-state index < -0.39 is 11.7 Å². The zero-order chi connectivity index (χ0) is 23.1. The Hall–Kier alpha value is -3.55. The smallest absolute Gasteiger partial charge is 0.416 e. The fourth-order valence-corrected chi connectivity index (χ4v) is 3.25. The molecule has 0 radical (unpaired) electrons. The normalized spacial score (nSPS) is 11.1. The summed E-state index contributed by atoms with van der Waals surface area (Å²) in [6.07, 6.45) is -0.0472. The van der Waals surface area contributed by atoms with E-state index in [1.807, 2.05) is 44.3 Å². The van der Waals surface area contributed by atoms with E-state index >= 15 is 0 Å². The van der Waals surface area contributed by atoms with E-state index in [1.165, 1.54) is 12.1 Å². The molecule has 168 valence electrons. The molecule has 3 heterocycles. The molecule has 0 aliphatic rings. The number of nitrogens with zero attached hydrogens (tertiary/aromatic N) is 2. The van der Waals surface area contributed by atoms with Crippen LogP contribution < -0.4 is 10.1 Å². The van der Waals surface area contributed by atoms with Crippen LogP contribution in [-0.2, 0) is 19.1 Å². The first-order valence-corrected chi connectivity index (χ1v) is 10.3. The highest BCUT2D eigenvalue weighted by atomic mass is 19.4. The number of nitrogens with one attached hydrogen (secondary N) is 2. The number of H-pyrrole nitrogens is 1. The average molecular weight is 442 g/mol. The lowest BCUT2D eigenvalue weighted by Crippen LogP contribution is -2.06. The van der Waals surface area contributed by atoms with Gasteiger partial charge in [-0.3, -0.25) is 0 Å². The van der Waals surface area contributed by atoms with E-state index in [0.29, 0.717) is 24.7 Å². The molecule has 4 aromatic rings. The van der Waals surface area contributed by atoms with Crippen LogP contribution in [0.5, 0.6) is 5.88 Å². The molecule has 3 aromatic heterocycles. The van der Waals surface area contributed by atoms with Crippen LogP contribution in [0, 0.1) is 0 Å². The number of anilines is 1. The maximum Gasteiger partial charge on any atom is 0.416 e. The maximum atomic E-state index is 12.7. The third kappa shape index (κ3) is 5.38. The molecule has 0 unspecified atom stereocenters. The first kappa shape index (κ1) is 23.1. The van der Waals surface area contributed by atoms with Crippen molar-refractivity contribution in [1.29, 1.82) is 0 Å². The zero-order valence-corrected chi connectivity index (χ0v) is 18.1. The molecule has 0 atom stereocenters. The van der Waals surface area contributed by atoms with Gasteiger partial charge in [0.2, 0.25) is 5.88 Å². The van der Waals surface area contributed by atoms with Gasteiger partial charge in [-0.1, -0.05) is 26.0 Å². The largest absolute Gasteiger partial charge is 0.481 e. The summed E-state index contributed by atoms with van der Waals surface area (Å²) in [6.45, 7) is 4.35. The summed E-state index contributed by atoms with van der Waals surface area (Å²) in [5, 5.41) is 4.17. The number of rotatable bonds is 6. The second kappa shape index (κ2) is 10.2. The predicted molar refractivity (Wildman–Crippen MR) is 120 cm³/mol. The van der Waals surface area contributed by atoms with Crippen LogP contribution in [0.3, 0.4) is 0 Å². The quantitative estimate of drug-likeness (QED) is 0.372. The monoisotopic (exact) mass is 442 g/mol. The van der Waals surface area contributed by atoms with Crippen molar-refractivity contribution in [3.63, 3.8) is 0 Å². The van der Waals surface area contributed by atoms with E-state index in [4.69, 9.17) is 4.74 Å². The average Bonchev–Trinajstić information content (AvgIpc) is 3.22. The first-order chi connectivity index (χ1) is 15.4. The molecule has 0 amide bonds. The van der Waals surface area contributed by atoms with Crippen LogP contribution in [0.15, 0.2) is 60.9 Å². The molecule has 2 N–H and O–H groups in total. The Balaban J connectivity index is 0.00000141. The van der Waals surface area contributed by atoms with Gasteiger partial charge in [-0.2, -0.15) is 18.2 Å². The van der Waals surface area contributed by atoms with Crippen LogP contribution in [0.2, 0.25) is 0 Å². The topological polar surface area (TPSA) is 62.8 Å². The van der Waals surface area contributed by atoms with Crippen molar-refractivity contribution in [2.24, 2.45) is 0 Å². The summed E-state index contributed by atoms with van der Waals surface area (Å²) in [4.78, 5) is 11.9. The summed E-state index contributed by atoms with van der Waals surface area (Å²) in [6, 6.07) is 12.7. The van der Waals surface area contributed by atoms with Gasteiger partial charge in [0, 0.05) is 36.3 Å². The molecule has 32 heavy (non-hydrogen) atoms. The van der Waals surface area contributed by atoms with Gasteiger partial charge in [0.1, 0.15) is 11.5 Å². The number of ether oxygens (including phenoxy) is 1. The minimum atomic E-state index is -4.34. The lowest BCUT2D eigenvalue weighted by molar-refractivity contribution is -0.137. The van der Waals surface area contributed by atoms with Gasteiger partial charge in [0.25, 0.3) is 0 Å². The van der Waals surface area contributed by atoms with E-state index in [9.17, 15) is 13.2 Å². The second-order valence-electron chi connectivity index (χ2n) is 6.80. The molecular weight excluding hydrogens is 417 g/mol. The molecule has 0 bridgehead atoms. The molecule has 0 saturated heterocycles. The zero-order valence-electron chi connectivity index (χ0n) is 18.1. The fourth-order valence-electron chi connectivity index (χ4n) is 3.25. The van der Waals surface area contributed by atoms with Crippen molar-refractivity contribution in [2.45, 2.75) is 33.0 Å². The predicted octanol–water partition coefficient (Wildman–Crippen LogP) is 6.21. The number of hydrogen-bond acceptors (Lipinski definition) is 4. The van der Waals surface area contributed by atoms with E-state index in [-0.39, 0.29) is 0 Å². The van der Waals surface area contributed by atoms with Crippen LogP contribution >= 0.6 is 0 Å². The van der Waals surface area contributed by atoms with Crippen LogP contribution in [0.1, 0.15) is 36.1 Å². The Labute approximate surface area is 184 Å². The van der Waals surface area contributed by atoms with Crippen molar-refractivity contribution in [3.05, 3.63) is 83.2 Å². The molecule has 0 saturated carbocycles. The molecular formula is C24H25F3N4O. The van der Waals surface area contributed by atoms with Crippen molar-refractivity contribution in [2.75, 3.05) is 12.4 Å². The summed E-state index contributed by atoms with van der Waals surface area (Å²) < 4.78 is 43.5. The fraction of sp³-hybridized carbons (Fsp3) is 0.250. The lowest BCUT2D eigenvalue weighted by Gasteiger charge is -2.12. The first-order valence-electron chi connectivity index (χ1n) is 10.3. The maximum absolute atomic E-state index is 12.7. The number of benzene rings is 1. The Morgan fingerprint density at radius 1 is 1.00 bits per heavy atom. The van der Waals surface area contributed by atoms with Gasteiger partial charge < -0.3 is 15.0 Å². The van der Waals surface area contributed by atoms with Crippen molar-refractivity contribution in [1.82, 2.24) is 15.0 Å². The van der Waals surface area contributed by atoms with Crippen LogP contribution in [0.25, 0.3) is 11.0 Å². The number of pyridine rings is 2. The molecule has 0 spiro atoms. The SMILES string of the molecule is CC.COc1nc(NCc2ccc(C(F)(F)F)cc2)ccc1Cc1c[nH]c2ncccc12. The van der Waals surface area contributed by atoms with Gasteiger partial charge in [-0.05, 0) is 47.5 Å². The van der Waals surface area contributed by atoms with E-state index in [2.05, 4.69) is 20.3 Å². The Kier molecular flexibility index (Phi) is 7.35. The summed E-state index contributed by atoms with van der Waals surface area (Å²) in [5.41, 5.74) is 2.89. The van der Waals surface area contributed by atoms with Crippen LogP contribution in [0.4, 0.5) is 19.0 Å². The molecule has 1 aromatic carbocycles. The second-order valence-corrected chi connectivity index (χ2v) is 6.80. The van der Waals surface area contributed by atoms with Gasteiger partial charge in [0.15, 0.2) is 0 Å². The third-order valence-corrected chi connectivity index (χ3v) is 4.81. The number of alkyl halides is 3. The minimum Gasteiger partial charge on any atom is -0.481 e. The Bertz CT molecular complexity index is 1150. The third-order valence-electron chi connectivity index (χ3n) is 4.81. The van der Waals surface area contributed by atoms with E-state index in [0.717, 1.165) is 39.9 Å². The van der Waals surface area contributed by atoms with Gasteiger partial charge in [-0.15, -0.1) is 0 Å². The standard InChI is InChI=1S/C22H19F3N4O.C2H6/c1-30-21-15(11-16-13-28-20-18(16)3-2-10-26-20)6-9-19(29-21)27-12-14-4-7-17(8-5-14)22(23,24)25;1-2/h2-10,13H,11-12H2,1H3,(H,26,28)(H,27,29);1-2H3. The Morgan fingerprint density at radius 3 is 2.44 bits per heavy atom. The number of methoxy groups -OCH3 is 1. The highest BCUT2D eigenvalue weighted by molar-refractivity contribution is 5.79. The minimum absolute atomic E-state index is 0.349. The van der Waals surface area contributed by atoms with Crippen molar-refractivity contribution >= 4 is 16.9 Å². The van der Waals surface area contributed by atoms with Crippen LogP contribution in [-0.4, -0.2) is 22.1 Å². The number of hydrogen-bond donors (Lipinski definition) is 2. The molecule has 5 nitrogen and oxygen atoms in total. The van der Waals surface area contributed by atoms with E-state index in [1.54, 1.807) is 13.3 Å². The molecule has 0 fully saturated rings. The number of aromatic nitrogens is 3. The van der Waals surface area contributed by atoms with Gasteiger partial charge >= 0.3 is 6.18 Å².